The number of nitrogens with zero attached hydrogens (tertiary/aromatic N) is 2. The smallest absolute Gasteiger partial charge is 0.226 e. The minimum atomic E-state index is 0.187. The average Bonchev–Trinajstić information content (AvgIpc) is 3.16. The number of hydrogen-bond acceptors (Lipinski definition) is 3. The van der Waals surface area contributed by atoms with Crippen LogP contribution in [0.4, 0.5) is 0 Å². The van der Waals surface area contributed by atoms with Gasteiger partial charge in [-0.15, -0.1) is 0 Å². The molecule has 1 aliphatic rings. The number of amides is 1. The number of aromatic amines is 1. The highest BCUT2D eigenvalue weighted by atomic mass is 16.5. The van der Waals surface area contributed by atoms with Crippen molar-refractivity contribution in [3.8, 4) is 5.75 Å². The predicted molar refractivity (Wildman–Crippen MR) is 112 cm³/mol. The van der Waals surface area contributed by atoms with Crippen LogP contribution in [0.15, 0.2) is 60.8 Å². The van der Waals surface area contributed by atoms with Crippen molar-refractivity contribution in [2.75, 3.05) is 39.3 Å². The minimum Gasteiger partial charge on any atom is -0.493 e. The van der Waals surface area contributed by atoms with Gasteiger partial charge >= 0.3 is 0 Å². The molecule has 4 rings (SSSR count). The molecule has 1 fully saturated rings. The molecular formula is C23H27N3O2. The van der Waals surface area contributed by atoms with Gasteiger partial charge in [0, 0.05) is 49.8 Å². The third-order valence-electron chi connectivity index (χ3n) is 5.43. The molecule has 5 nitrogen and oxygen atoms in total. The lowest BCUT2D eigenvalue weighted by molar-refractivity contribution is -0.133. The summed E-state index contributed by atoms with van der Waals surface area (Å²) in [4.78, 5) is 20.2. The number of nitrogens with one attached hydrogen (secondary N) is 1. The number of ether oxygens (including phenoxy) is 1. The number of para-hydroxylation sites is 2. The van der Waals surface area contributed by atoms with Gasteiger partial charge < -0.3 is 14.6 Å². The number of benzene rings is 2. The number of carbonyl (C=O) groups is 1. The Bertz CT molecular complexity index is 898. The lowest BCUT2D eigenvalue weighted by atomic mass is 10.1. The number of aromatic nitrogens is 1. The van der Waals surface area contributed by atoms with E-state index in [1.54, 1.807) is 0 Å². The van der Waals surface area contributed by atoms with Gasteiger partial charge in [0.1, 0.15) is 5.75 Å². The molecule has 5 heteroatoms. The predicted octanol–water partition coefficient (Wildman–Crippen LogP) is 3.32. The number of fused-ring (bicyclic) bond motifs is 1. The summed E-state index contributed by atoms with van der Waals surface area (Å²) in [5.74, 6) is 1.00. The van der Waals surface area contributed by atoms with Crippen LogP contribution in [0.1, 0.15) is 12.0 Å². The summed E-state index contributed by atoms with van der Waals surface area (Å²) >= 11 is 0. The van der Waals surface area contributed by atoms with Gasteiger partial charge in [0.15, 0.2) is 0 Å². The maximum absolute atomic E-state index is 12.4. The lowest BCUT2D eigenvalue weighted by Gasteiger charge is -2.34. The molecule has 0 radical (unpaired) electrons. The molecule has 0 bridgehead atoms. The minimum absolute atomic E-state index is 0.187. The first kappa shape index (κ1) is 18.6. The summed E-state index contributed by atoms with van der Waals surface area (Å²) in [7, 11) is 0. The van der Waals surface area contributed by atoms with Crippen LogP contribution < -0.4 is 4.74 Å². The zero-order chi connectivity index (χ0) is 19.2. The monoisotopic (exact) mass is 377 g/mol. The van der Waals surface area contributed by atoms with Crippen molar-refractivity contribution in [1.82, 2.24) is 14.8 Å². The van der Waals surface area contributed by atoms with E-state index in [-0.39, 0.29) is 5.91 Å². The van der Waals surface area contributed by atoms with Crippen LogP contribution >= 0.6 is 0 Å². The van der Waals surface area contributed by atoms with Crippen molar-refractivity contribution in [2.24, 2.45) is 0 Å². The highest BCUT2D eigenvalue weighted by Crippen LogP contribution is 2.18. The van der Waals surface area contributed by atoms with Crippen LogP contribution in [0, 0.1) is 0 Å². The first-order chi connectivity index (χ1) is 13.8. The van der Waals surface area contributed by atoms with E-state index in [0.717, 1.165) is 44.9 Å². The highest BCUT2D eigenvalue weighted by molar-refractivity contribution is 5.83. The topological polar surface area (TPSA) is 48.6 Å². The van der Waals surface area contributed by atoms with Gasteiger partial charge in [0.2, 0.25) is 5.91 Å². The molecule has 0 spiro atoms. The van der Waals surface area contributed by atoms with Crippen LogP contribution in [-0.2, 0) is 11.2 Å². The number of rotatable bonds is 7. The molecule has 0 atom stereocenters. The molecule has 0 saturated carbocycles. The second-order valence-electron chi connectivity index (χ2n) is 7.24. The Balaban J connectivity index is 1.18. The average molecular weight is 377 g/mol. The fraction of sp³-hybridized carbons (Fsp3) is 0.348. The van der Waals surface area contributed by atoms with E-state index in [2.05, 4.69) is 40.3 Å². The van der Waals surface area contributed by atoms with Crippen molar-refractivity contribution >= 4 is 16.8 Å². The highest BCUT2D eigenvalue weighted by Gasteiger charge is 2.21. The summed E-state index contributed by atoms with van der Waals surface area (Å²) in [5, 5.41) is 1.31. The molecular weight excluding hydrogens is 350 g/mol. The fourth-order valence-corrected chi connectivity index (χ4v) is 3.77. The Morgan fingerprint density at radius 3 is 2.54 bits per heavy atom. The van der Waals surface area contributed by atoms with E-state index in [1.165, 1.54) is 16.5 Å². The molecule has 2 aromatic carbocycles. The van der Waals surface area contributed by atoms with E-state index in [0.29, 0.717) is 13.0 Å². The molecule has 28 heavy (non-hydrogen) atoms. The van der Waals surface area contributed by atoms with Gasteiger partial charge in [-0.25, -0.2) is 0 Å². The van der Waals surface area contributed by atoms with Gasteiger partial charge in [-0.05, 0) is 30.2 Å². The van der Waals surface area contributed by atoms with Crippen molar-refractivity contribution in [3.05, 3.63) is 66.4 Å². The van der Waals surface area contributed by atoms with Crippen molar-refractivity contribution in [3.63, 3.8) is 0 Å². The summed E-state index contributed by atoms with van der Waals surface area (Å²) in [6.45, 7) is 4.95. The second-order valence-corrected chi connectivity index (χ2v) is 7.24. The molecule has 0 unspecified atom stereocenters. The fourth-order valence-electron chi connectivity index (χ4n) is 3.77. The van der Waals surface area contributed by atoms with Crippen LogP contribution in [-0.4, -0.2) is 60.0 Å². The Labute approximate surface area is 165 Å². The molecule has 1 aromatic heterocycles. The molecule has 146 valence electrons. The number of piperazine rings is 1. The maximum atomic E-state index is 12.4. The van der Waals surface area contributed by atoms with Gasteiger partial charge in [0.05, 0.1) is 13.0 Å². The number of H-pyrrole nitrogens is 1. The Kier molecular flexibility index (Phi) is 5.92. The Hall–Kier alpha value is -2.79. The Morgan fingerprint density at radius 1 is 0.964 bits per heavy atom. The molecule has 2 heterocycles. The third kappa shape index (κ3) is 4.54. The largest absolute Gasteiger partial charge is 0.493 e. The van der Waals surface area contributed by atoms with Crippen molar-refractivity contribution in [2.45, 2.75) is 12.8 Å². The lowest BCUT2D eigenvalue weighted by Crippen LogP contribution is -2.49. The number of carbonyl (C=O) groups excluding carboxylic acids is 1. The maximum Gasteiger partial charge on any atom is 0.226 e. The summed E-state index contributed by atoms with van der Waals surface area (Å²) in [5.41, 5.74) is 2.57. The molecule has 1 amide bonds. The number of hydrogen-bond donors (Lipinski definition) is 1. The first-order valence-corrected chi connectivity index (χ1v) is 10.0. The van der Waals surface area contributed by atoms with E-state index < -0.39 is 0 Å². The second kappa shape index (κ2) is 8.93. The van der Waals surface area contributed by atoms with Gasteiger partial charge in [-0.1, -0.05) is 36.4 Å². The van der Waals surface area contributed by atoms with Gasteiger partial charge in [0.25, 0.3) is 0 Å². The van der Waals surface area contributed by atoms with Crippen LogP contribution in [0.3, 0.4) is 0 Å². The van der Waals surface area contributed by atoms with Gasteiger partial charge in [-0.3, -0.25) is 9.69 Å². The molecule has 3 aromatic rings. The van der Waals surface area contributed by atoms with Crippen molar-refractivity contribution in [1.29, 1.82) is 0 Å². The summed E-state index contributed by atoms with van der Waals surface area (Å²) in [6, 6.07) is 18.1. The van der Waals surface area contributed by atoms with Crippen LogP contribution in [0.25, 0.3) is 10.9 Å². The van der Waals surface area contributed by atoms with E-state index >= 15 is 0 Å². The SMILES string of the molecule is O=C(CCOc1ccccc1)N1CCN(CCc2c[nH]c3ccccc23)CC1. The van der Waals surface area contributed by atoms with Crippen LogP contribution in [0.5, 0.6) is 5.75 Å². The van der Waals surface area contributed by atoms with Crippen molar-refractivity contribution < 1.29 is 9.53 Å². The standard InChI is InChI=1S/C23H27N3O2/c27-23(11-17-28-20-6-2-1-3-7-20)26-15-13-25(14-16-26)12-10-19-18-24-22-9-5-4-8-21(19)22/h1-9,18,24H,10-17H2. The molecule has 1 saturated heterocycles. The third-order valence-corrected chi connectivity index (χ3v) is 5.43. The van der Waals surface area contributed by atoms with Gasteiger partial charge in [-0.2, -0.15) is 0 Å². The van der Waals surface area contributed by atoms with E-state index in [4.69, 9.17) is 4.74 Å². The van der Waals surface area contributed by atoms with E-state index in [1.807, 2.05) is 35.2 Å². The molecule has 1 N–H and O–H groups in total. The quantitative estimate of drug-likeness (QED) is 0.687. The zero-order valence-electron chi connectivity index (χ0n) is 16.1. The van der Waals surface area contributed by atoms with Crippen LogP contribution in [0.2, 0.25) is 0 Å². The first-order valence-electron chi connectivity index (χ1n) is 10.0. The Morgan fingerprint density at radius 2 is 1.71 bits per heavy atom. The molecule has 0 aliphatic carbocycles. The summed E-state index contributed by atoms with van der Waals surface area (Å²) < 4.78 is 5.64. The zero-order valence-corrected chi connectivity index (χ0v) is 16.1. The molecule has 1 aliphatic heterocycles. The summed E-state index contributed by atoms with van der Waals surface area (Å²) in [6.07, 6.45) is 3.59. The normalized spacial score (nSPS) is 15.1. The van der Waals surface area contributed by atoms with E-state index in [9.17, 15) is 4.79 Å².